The number of aromatic hydroxyl groups is 2. The summed E-state index contributed by atoms with van der Waals surface area (Å²) in [5.74, 6) is 1.52. The van der Waals surface area contributed by atoms with Crippen LogP contribution in [0.5, 0.6) is 23.0 Å². The summed E-state index contributed by atoms with van der Waals surface area (Å²) in [6.45, 7) is 8.06. The molecule has 206 valence electrons. The Morgan fingerprint density at radius 2 is 1.85 bits per heavy atom. The van der Waals surface area contributed by atoms with Crippen molar-refractivity contribution >= 4 is 5.91 Å². The zero-order chi connectivity index (χ0) is 27.7. The van der Waals surface area contributed by atoms with Gasteiger partial charge in [-0.2, -0.15) is 5.26 Å². The van der Waals surface area contributed by atoms with Crippen molar-refractivity contribution in [2.24, 2.45) is 0 Å². The number of hydrogen-bond donors (Lipinski definition) is 3. The number of aryl methyl sites for hydroxylation is 1. The predicted molar refractivity (Wildman–Crippen MR) is 144 cm³/mol. The van der Waals surface area contributed by atoms with E-state index in [9.17, 15) is 20.3 Å². The smallest absolute Gasteiger partial charge is 0.231 e. The zero-order valence-corrected chi connectivity index (χ0v) is 23.2. The number of nitrogens with one attached hydrogen (secondary N) is 1. The minimum atomic E-state index is -0.476. The van der Waals surface area contributed by atoms with Crippen molar-refractivity contribution in [1.82, 2.24) is 15.1 Å². The summed E-state index contributed by atoms with van der Waals surface area (Å²) >= 11 is 0. The molecular formula is C30H36N4O5. The van der Waals surface area contributed by atoms with Crippen molar-refractivity contribution in [2.45, 2.75) is 83.6 Å². The number of rotatable bonds is 4. The summed E-state index contributed by atoms with van der Waals surface area (Å²) in [5, 5.41) is 36.6. The maximum Gasteiger partial charge on any atom is 0.231 e. The van der Waals surface area contributed by atoms with Gasteiger partial charge in [0.1, 0.15) is 17.5 Å². The summed E-state index contributed by atoms with van der Waals surface area (Å²) in [7, 11) is 2.03. The molecule has 1 fully saturated rings. The lowest BCUT2D eigenvalue weighted by Gasteiger charge is -2.60. The molecule has 9 nitrogen and oxygen atoms in total. The summed E-state index contributed by atoms with van der Waals surface area (Å²) in [4.78, 5) is 17.1. The molecule has 5 atom stereocenters. The van der Waals surface area contributed by atoms with Gasteiger partial charge in [0.15, 0.2) is 11.5 Å². The maximum atomic E-state index is 12.6. The van der Waals surface area contributed by atoms with Crippen molar-refractivity contribution < 1.29 is 24.5 Å². The number of fused-ring (bicyclic) bond motifs is 9. The third-order valence-electron chi connectivity index (χ3n) is 9.43. The second-order valence-electron chi connectivity index (χ2n) is 11.4. The van der Waals surface area contributed by atoms with Crippen LogP contribution in [0.2, 0.25) is 0 Å². The number of hydrogen-bond acceptors (Lipinski definition) is 8. The number of nitrogens with zero attached hydrogens (tertiary/aromatic N) is 3. The van der Waals surface area contributed by atoms with Crippen LogP contribution in [0.1, 0.15) is 70.8 Å². The van der Waals surface area contributed by atoms with Crippen LogP contribution in [-0.4, -0.2) is 64.4 Å². The van der Waals surface area contributed by atoms with Gasteiger partial charge in [-0.1, -0.05) is 13.0 Å². The number of benzene rings is 2. The number of ether oxygens (including phenoxy) is 2. The van der Waals surface area contributed by atoms with Crippen molar-refractivity contribution in [2.75, 3.05) is 20.4 Å². The van der Waals surface area contributed by atoms with E-state index in [4.69, 9.17) is 9.47 Å². The van der Waals surface area contributed by atoms with Gasteiger partial charge in [0, 0.05) is 47.3 Å². The van der Waals surface area contributed by atoms with Crippen LogP contribution in [0.25, 0.3) is 0 Å². The Bertz CT molecular complexity index is 1420. The molecule has 2 aromatic rings. The highest BCUT2D eigenvalue weighted by Crippen LogP contribution is 2.57. The fourth-order valence-corrected chi connectivity index (χ4v) is 7.43. The van der Waals surface area contributed by atoms with E-state index >= 15 is 0 Å². The molecule has 0 spiro atoms. The summed E-state index contributed by atoms with van der Waals surface area (Å²) < 4.78 is 11.7. The van der Waals surface area contributed by atoms with Crippen molar-refractivity contribution in [3.8, 4) is 29.1 Å². The normalized spacial score (nSPS) is 26.8. The van der Waals surface area contributed by atoms with E-state index in [1.54, 1.807) is 0 Å². The second-order valence-corrected chi connectivity index (χ2v) is 11.4. The highest BCUT2D eigenvalue weighted by Gasteiger charge is 2.56. The van der Waals surface area contributed by atoms with E-state index in [1.165, 1.54) is 0 Å². The Kier molecular flexibility index (Phi) is 6.16. The monoisotopic (exact) mass is 532 g/mol. The van der Waals surface area contributed by atoms with Crippen LogP contribution < -0.4 is 14.8 Å². The lowest BCUT2D eigenvalue weighted by atomic mass is 9.71. The molecule has 0 aromatic heterocycles. The largest absolute Gasteiger partial charge is 0.507 e. The maximum absolute atomic E-state index is 12.6. The average molecular weight is 533 g/mol. The van der Waals surface area contributed by atoms with Crippen molar-refractivity contribution in [3.05, 3.63) is 45.0 Å². The van der Waals surface area contributed by atoms with Crippen LogP contribution in [0, 0.1) is 32.1 Å². The topological polar surface area (TPSA) is 118 Å². The van der Waals surface area contributed by atoms with Gasteiger partial charge in [-0.15, -0.1) is 0 Å². The van der Waals surface area contributed by atoms with E-state index in [1.807, 2.05) is 34.7 Å². The third-order valence-corrected chi connectivity index (χ3v) is 9.43. The minimum absolute atomic E-state index is 0.0526. The van der Waals surface area contributed by atoms with E-state index < -0.39 is 12.1 Å². The van der Waals surface area contributed by atoms with Gasteiger partial charge < -0.3 is 25.0 Å². The quantitative estimate of drug-likeness (QED) is 0.548. The molecule has 9 heteroatoms. The molecule has 1 unspecified atom stereocenters. The van der Waals surface area contributed by atoms with Gasteiger partial charge in [0.05, 0.1) is 18.2 Å². The molecular weight excluding hydrogens is 496 g/mol. The van der Waals surface area contributed by atoms with Gasteiger partial charge in [-0.3, -0.25) is 14.6 Å². The highest BCUT2D eigenvalue weighted by molar-refractivity contribution is 5.76. The van der Waals surface area contributed by atoms with E-state index in [0.29, 0.717) is 42.1 Å². The molecule has 2 aromatic carbocycles. The SMILES string of the molecule is CCCC(=O)NC[C@H]1c2c(c(O)c(C)c3c2OCO3)CC2[C@H]3c4c(cc(C)c(C)c4O)C[C@@H]([C@H](C#N)N21)N3C. The molecule has 2 bridgehead atoms. The number of carbonyl (C=O) groups excluding carboxylic acids is 1. The number of likely N-dealkylation sites (N-methyl/N-ethyl adjacent to an activating group) is 1. The summed E-state index contributed by atoms with van der Waals surface area (Å²) in [6, 6.07) is 3.33. The van der Waals surface area contributed by atoms with Gasteiger partial charge in [-0.25, -0.2) is 0 Å². The van der Waals surface area contributed by atoms with Gasteiger partial charge >= 0.3 is 0 Å². The summed E-state index contributed by atoms with van der Waals surface area (Å²) in [5.41, 5.74) is 6.03. The molecule has 1 amide bonds. The molecule has 4 aliphatic heterocycles. The van der Waals surface area contributed by atoms with E-state index in [2.05, 4.69) is 27.3 Å². The van der Waals surface area contributed by atoms with Crippen LogP contribution in [0.4, 0.5) is 0 Å². The number of piperazine rings is 1. The molecule has 1 saturated heterocycles. The van der Waals surface area contributed by atoms with Gasteiger partial charge in [-0.05, 0) is 63.8 Å². The molecule has 3 N–H and O–H groups in total. The lowest BCUT2D eigenvalue weighted by molar-refractivity contribution is -0.122. The van der Waals surface area contributed by atoms with Crippen molar-refractivity contribution in [3.63, 3.8) is 0 Å². The Hall–Kier alpha value is -3.48. The van der Waals surface area contributed by atoms with E-state index in [-0.39, 0.29) is 43.1 Å². The number of nitriles is 1. The molecule has 39 heavy (non-hydrogen) atoms. The first-order valence-corrected chi connectivity index (χ1v) is 13.8. The minimum Gasteiger partial charge on any atom is -0.507 e. The van der Waals surface area contributed by atoms with Crippen LogP contribution in [-0.2, 0) is 17.6 Å². The first kappa shape index (κ1) is 25.8. The van der Waals surface area contributed by atoms with Gasteiger partial charge in [0.2, 0.25) is 12.7 Å². The van der Waals surface area contributed by atoms with E-state index in [0.717, 1.165) is 39.8 Å². The molecule has 0 aliphatic carbocycles. The lowest BCUT2D eigenvalue weighted by Crippen LogP contribution is -2.68. The third kappa shape index (κ3) is 3.61. The second kappa shape index (κ2) is 9.32. The summed E-state index contributed by atoms with van der Waals surface area (Å²) in [6.07, 6.45) is 2.24. The fourth-order valence-electron chi connectivity index (χ4n) is 7.43. The molecule has 0 saturated carbocycles. The molecule has 0 radical (unpaired) electrons. The Balaban J connectivity index is 1.57. The molecule has 4 heterocycles. The first-order chi connectivity index (χ1) is 18.7. The fraction of sp³-hybridized carbons (Fsp3) is 0.533. The van der Waals surface area contributed by atoms with Crippen LogP contribution in [0.3, 0.4) is 0 Å². The number of phenolic OH excluding ortho intramolecular Hbond substituents is 2. The number of phenols is 2. The van der Waals surface area contributed by atoms with Crippen molar-refractivity contribution in [1.29, 1.82) is 5.26 Å². The van der Waals surface area contributed by atoms with Gasteiger partial charge in [0.25, 0.3) is 0 Å². The average Bonchev–Trinajstić information content (AvgIpc) is 3.40. The molecule has 4 aliphatic rings. The Labute approximate surface area is 228 Å². The number of amides is 1. The van der Waals surface area contributed by atoms with Crippen LogP contribution >= 0.6 is 0 Å². The Morgan fingerprint density at radius 1 is 1.10 bits per heavy atom. The predicted octanol–water partition coefficient (Wildman–Crippen LogP) is 3.44. The number of carbonyl (C=O) groups is 1. The molecule has 6 rings (SSSR count). The van der Waals surface area contributed by atoms with Crippen LogP contribution in [0.15, 0.2) is 6.07 Å². The Morgan fingerprint density at radius 3 is 2.56 bits per heavy atom. The zero-order valence-electron chi connectivity index (χ0n) is 23.2. The highest BCUT2D eigenvalue weighted by atomic mass is 16.7. The standard InChI is InChI=1S/C30H36N4O5/c1-6-7-23(35)32-12-22-25-18(27(36)16(4)29-30(25)39-13-38-29)10-20-26-24-17(8-14(2)15(3)28(24)37)9-19(33(26)5)21(11-31)34(20)22/h8,19-22,26,36-37H,6-7,9-10,12-13H2,1-5H3,(H,32,35)/t19-,20?,21-,22-,26-/m0/s1. The first-order valence-electron chi connectivity index (χ1n) is 13.8.